The summed E-state index contributed by atoms with van der Waals surface area (Å²) in [6, 6.07) is 3.14. The summed E-state index contributed by atoms with van der Waals surface area (Å²) in [6.07, 6.45) is 0. The van der Waals surface area contributed by atoms with Crippen LogP contribution in [-0.4, -0.2) is 25.4 Å². The molecule has 0 heterocycles. The van der Waals surface area contributed by atoms with E-state index in [0.29, 0.717) is 0 Å². The Kier molecular flexibility index (Phi) is 3.49. The number of nitrogens with one attached hydrogen (secondary N) is 1. The van der Waals surface area contributed by atoms with Crippen molar-refractivity contribution in [2.24, 2.45) is 5.14 Å². The van der Waals surface area contributed by atoms with Crippen LogP contribution in [0.1, 0.15) is 17.3 Å². The van der Waals surface area contributed by atoms with Gasteiger partial charge in [0.1, 0.15) is 0 Å². The number of carbonyl (C=O) groups is 2. The van der Waals surface area contributed by atoms with E-state index in [1.807, 2.05) is 0 Å². The second-order valence-corrected chi connectivity index (χ2v) is 4.84. The Morgan fingerprint density at radius 3 is 2.29 bits per heavy atom. The Hall–Kier alpha value is -1.93. The van der Waals surface area contributed by atoms with E-state index in [4.69, 9.17) is 10.2 Å². The van der Waals surface area contributed by atoms with E-state index in [0.717, 1.165) is 18.2 Å². The van der Waals surface area contributed by atoms with E-state index in [1.54, 1.807) is 0 Å². The molecule has 0 aliphatic heterocycles. The fourth-order valence-electron chi connectivity index (χ4n) is 1.16. The summed E-state index contributed by atoms with van der Waals surface area (Å²) in [7, 11) is -4.03. The summed E-state index contributed by atoms with van der Waals surface area (Å²) < 4.78 is 22.2. The number of rotatable bonds is 3. The van der Waals surface area contributed by atoms with Crippen molar-refractivity contribution in [3.05, 3.63) is 23.8 Å². The summed E-state index contributed by atoms with van der Waals surface area (Å²) in [6.45, 7) is 1.21. The molecule has 8 heteroatoms. The molecule has 1 aromatic rings. The number of aromatic carboxylic acids is 1. The van der Waals surface area contributed by atoms with E-state index < -0.39 is 21.9 Å². The summed E-state index contributed by atoms with van der Waals surface area (Å²) in [5, 5.41) is 16.0. The van der Waals surface area contributed by atoms with Crippen LogP contribution in [0.2, 0.25) is 0 Å². The van der Waals surface area contributed by atoms with Crippen molar-refractivity contribution in [1.82, 2.24) is 0 Å². The molecule has 0 aromatic heterocycles. The van der Waals surface area contributed by atoms with Gasteiger partial charge in [-0.05, 0) is 18.2 Å². The molecule has 1 amide bonds. The third kappa shape index (κ3) is 3.54. The molecule has 0 radical (unpaired) electrons. The third-order valence-corrected chi connectivity index (χ3v) is 2.70. The van der Waals surface area contributed by atoms with Gasteiger partial charge in [-0.15, -0.1) is 0 Å². The lowest BCUT2D eigenvalue weighted by atomic mass is 10.2. The number of hydrogen-bond donors (Lipinski definition) is 3. The van der Waals surface area contributed by atoms with E-state index in [1.165, 1.54) is 6.92 Å². The molecular weight excluding hydrogens is 248 g/mol. The number of benzene rings is 1. The van der Waals surface area contributed by atoms with Crippen LogP contribution in [0.3, 0.4) is 0 Å². The Labute approximate surface area is 97.3 Å². The molecule has 0 aliphatic rings. The van der Waals surface area contributed by atoms with Crippen LogP contribution in [-0.2, 0) is 14.8 Å². The van der Waals surface area contributed by atoms with Gasteiger partial charge in [0.15, 0.2) is 0 Å². The van der Waals surface area contributed by atoms with Gasteiger partial charge in [-0.3, -0.25) is 4.79 Å². The van der Waals surface area contributed by atoms with Crippen molar-refractivity contribution >= 4 is 27.6 Å². The zero-order valence-corrected chi connectivity index (χ0v) is 9.61. The average Bonchev–Trinajstić information content (AvgIpc) is 2.14. The van der Waals surface area contributed by atoms with Crippen LogP contribution in [0.4, 0.5) is 5.69 Å². The number of amides is 1. The first-order chi connectivity index (χ1) is 7.70. The molecule has 0 fully saturated rings. The molecule has 4 N–H and O–H groups in total. The predicted octanol–water partition coefficient (Wildman–Crippen LogP) is -0.00940. The van der Waals surface area contributed by atoms with Gasteiger partial charge in [-0.25, -0.2) is 18.4 Å². The van der Waals surface area contributed by atoms with Crippen molar-refractivity contribution < 1.29 is 23.1 Å². The van der Waals surface area contributed by atoms with Gasteiger partial charge in [0.05, 0.1) is 10.5 Å². The lowest BCUT2D eigenvalue weighted by molar-refractivity contribution is -0.114. The highest BCUT2D eigenvalue weighted by Crippen LogP contribution is 2.18. The van der Waals surface area contributed by atoms with Gasteiger partial charge in [-0.1, -0.05) is 0 Å². The van der Waals surface area contributed by atoms with Gasteiger partial charge in [-0.2, -0.15) is 0 Å². The maximum Gasteiger partial charge on any atom is 0.335 e. The first kappa shape index (κ1) is 13.1. The van der Waals surface area contributed by atoms with E-state index in [9.17, 15) is 18.0 Å². The first-order valence-corrected chi connectivity index (χ1v) is 5.93. The molecule has 0 saturated heterocycles. The number of nitrogens with two attached hydrogens (primary N) is 1. The molecule has 7 nitrogen and oxygen atoms in total. The number of hydrogen-bond acceptors (Lipinski definition) is 4. The Morgan fingerprint density at radius 2 is 1.88 bits per heavy atom. The largest absolute Gasteiger partial charge is 0.478 e. The van der Waals surface area contributed by atoms with Crippen LogP contribution in [0, 0.1) is 0 Å². The molecule has 1 rings (SSSR count). The van der Waals surface area contributed by atoms with E-state index in [-0.39, 0.29) is 16.1 Å². The highest BCUT2D eigenvalue weighted by Gasteiger charge is 2.14. The zero-order valence-electron chi connectivity index (χ0n) is 8.80. The second-order valence-electron chi connectivity index (χ2n) is 3.28. The smallest absolute Gasteiger partial charge is 0.335 e. The van der Waals surface area contributed by atoms with Gasteiger partial charge in [0, 0.05) is 12.6 Å². The fraction of sp³-hybridized carbons (Fsp3) is 0.111. The normalized spacial score (nSPS) is 10.9. The maximum atomic E-state index is 11.1. The quantitative estimate of drug-likeness (QED) is 0.702. The van der Waals surface area contributed by atoms with Gasteiger partial charge >= 0.3 is 5.97 Å². The van der Waals surface area contributed by atoms with Crippen molar-refractivity contribution in [3.63, 3.8) is 0 Å². The average molecular weight is 258 g/mol. The fourth-order valence-corrected chi connectivity index (χ4v) is 1.74. The Bertz CT molecular complexity index is 579. The molecular formula is C9H10N2O5S. The topological polar surface area (TPSA) is 127 Å². The van der Waals surface area contributed by atoms with Gasteiger partial charge in [0.25, 0.3) is 0 Å². The minimum absolute atomic E-state index is 0.0569. The van der Waals surface area contributed by atoms with Gasteiger partial charge in [0.2, 0.25) is 15.9 Å². The van der Waals surface area contributed by atoms with Crippen molar-refractivity contribution in [1.29, 1.82) is 0 Å². The first-order valence-electron chi connectivity index (χ1n) is 4.39. The van der Waals surface area contributed by atoms with Crippen molar-refractivity contribution in [3.8, 4) is 0 Å². The van der Waals surface area contributed by atoms with Crippen LogP contribution in [0.15, 0.2) is 23.1 Å². The van der Waals surface area contributed by atoms with Crippen molar-refractivity contribution in [2.75, 3.05) is 5.32 Å². The second kappa shape index (κ2) is 4.52. The molecule has 0 unspecified atom stereocenters. The van der Waals surface area contributed by atoms with E-state index >= 15 is 0 Å². The van der Waals surface area contributed by atoms with Crippen LogP contribution >= 0.6 is 0 Å². The van der Waals surface area contributed by atoms with Crippen LogP contribution < -0.4 is 10.5 Å². The number of sulfonamides is 1. The van der Waals surface area contributed by atoms with Crippen molar-refractivity contribution in [2.45, 2.75) is 11.8 Å². The lowest BCUT2D eigenvalue weighted by Gasteiger charge is -2.06. The lowest BCUT2D eigenvalue weighted by Crippen LogP contribution is -2.15. The number of primary sulfonamides is 1. The monoisotopic (exact) mass is 258 g/mol. The number of anilines is 1. The summed E-state index contributed by atoms with van der Waals surface area (Å²) in [5.41, 5.74) is -0.221. The molecule has 1 aromatic carbocycles. The highest BCUT2D eigenvalue weighted by molar-refractivity contribution is 7.89. The predicted molar refractivity (Wildman–Crippen MR) is 59.1 cm³/mol. The molecule has 0 atom stereocenters. The number of carbonyl (C=O) groups excluding carboxylic acids is 1. The molecule has 0 aliphatic carbocycles. The molecule has 0 bridgehead atoms. The molecule has 92 valence electrons. The zero-order chi connectivity index (χ0) is 13.2. The Balaban J connectivity index is 3.39. The Morgan fingerprint density at radius 1 is 1.29 bits per heavy atom. The molecule has 0 saturated carbocycles. The SMILES string of the molecule is CC(=O)Nc1cc(C(=O)O)cc(S(N)(=O)=O)c1. The molecule has 0 spiro atoms. The van der Waals surface area contributed by atoms with Gasteiger partial charge < -0.3 is 10.4 Å². The van der Waals surface area contributed by atoms with E-state index in [2.05, 4.69) is 5.32 Å². The number of carboxylic acid groups (broad SMARTS) is 1. The minimum Gasteiger partial charge on any atom is -0.478 e. The summed E-state index contributed by atoms with van der Waals surface area (Å²) in [4.78, 5) is 21.2. The standard InChI is InChI=1S/C9H10N2O5S/c1-5(12)11-7-2-6(9(13)14)3-8(4-7)17(10,15)16/h2-4H,1H3,(H,11,12)(H,13,14)(H2,10,15,16). The minimum atomic E-state index is -4.03. The molecule has 17 heavy (non-hydrogen) atoms. The van der Waals surface area contributed by atoms with Crippen LogP contribution in [0.25, 0.3) is 0 Å². The third-order valence-electron chi connectivity index (χ3n) is 1.80. The summed E-state index contributed by atoms with van der Waals surface area (Å²) >= 11 is 0. The number of carboxylic acids is 1. The van der Waals surface area contributed by atoms with Crippen LogP contribution in [0.5, 0.6) is 0 Å². The summed E-state index contributed by atoms with van der Waals surface area (Å²) in [5.74, 6) is -1.77. The highest BCUT2D eigenvalue weighted by atomic mass is 32.2. The maximum absolute atomic E-state index is 11.1.